The topological polar surface area (TPSA) is 97.3 Å². The first-order valence-corrected chi connectivity index (χ1v) is 8.27. The summed E-state index contributed by atoms with van der Waals surface area (Å²) in [6, 6.07) is 3.53. The highest BCUT2D eigenvalue weighted by molar-refractivity contribution is 14.1. The maximum atomic E-state index is 11.5. The van der Waals surface area contributed by atoms with E-state index in [-0.39, 0.29) is 4.91 Å². The summed E-state index contributed by atoms with van der Waals surface area (Å²) < 4.78 is 11.4. The Morgan fingerprint density at radius 1 is 1.39 bits per heavy atom. The van der Waals surface area contributed by atoms with E-state index in [0.29, 0.717) is 28.0 Å². The number of methoxy groups -OCH3 is 2. The third kappa shape index (κ3) is 4.38. The van der Waals surface area contributed by atoms with Crippen LogP contribution in [0.5, 0.6) is 11.5 Å². The third-order valence-corrected chi connectivity index (χ3v) is 4.42. The Balaban J connectivity index is 2.39. The van der Waals surface area contributed by atoms with E-state index in [9.17, 15) is 9.90 Å². The van der Waals surface area contributed by atoms with Crippen LogP contribution in [0.25, 0.3) is 6.08 Å². The molecular weight excluding hydrogens is 433 g/mol. The lowest BCUT2D eigenvalue weighted by atomic mass is 10.2. The smallest absolute Gasteiger partial charge is 0.342 e. The summed E-state index contributed by atoms with van der Waals surface area (Å²) in [7, 11) is 3.09. The van der Waals surface area contributed by atoms with Gasteiger partial charge in [-0.3, -0.25) is 5.10 Å². The molecule has 1 aromatic carbocycles. The zero-order chi connectivity index (χ0) is 17.0. The number of rotatable bonds is 6. The van der Waals surface area contributed by atoms with Crippen molar-refractivity contribution in [1.82, 2.24) is 15.2 Å². The van der Waals surface area contributed by atoms with Crippen molar-refractivity contribution in [3.05, 3.63) is 32.0 Å². The van der Waals surface area contributed by atoms with Gasteiger partial charge in [0.05, 0.1) is 17.8 Å². The molecular formula is C14H14IN3O4S. The summed E-state index contributed by atoms with van der Waals surface area (Å²) in [5, 5.41) is 16.4. The maximum absolute atomic E-state index is 11.5. The Morgan fingerprint density at radius 3 is 2.65 bits per heavy atom. The van der Waals surface area contributed by atoms with Crippen LogP contribution in [0.1, 0.15) is 11.4 Å². The Morgan fingerprint density at radius 2 is 2.13 bits per heavy atom. The molecule has 1 aromatic heterocycles. The number of hydrogen-bond acceptors (Lipinski definition) is 6. The largest absolute Gasteiger partial charge is 0.493 e. The first kappa shape index (κ1) is 17.6. The number of aromatic nitrogens is 3. The second kappa shape index (κ2) is 7.68. The van der Waals surface area contributed by atoms with Crippen molar-refractivity contribution in [3.8, 4) is 11.5 Å². The number of nitrogens with one attached hydrogen (secondary N) is 1. The number of carboxylic acid groups (broad SMARTS) is 1. The molecule has 0 amide bonds. The molecule has 122 valence electrons. The molecule has 1 heterocycles. The summed E-state index contributed by atoms with van der Waals surface area (Å²) in [5.74, 6) is 0.716. The van der Waals surface area contributed by atoms with Crippen LogP contribution in [0.2, 0.25) is 0 Å². The average Bonchev–Trinajstić information content (AvgIpc) is 2.91. The predicted octanol–water partition coefficient (Wildman–Crippen LogP) is 2.95. The number of H-pyrrole nitrogens is 1. The van der Waals surface area contributed by atoms with Crippen LogP contribution >= 0.6 is 34.4 Å². The molecule has 0 aliphatic carbocycles. The number of aliphatic carboxylic acids is 1. The lowest BCUT2D eigenvalue weighted by Crippen LogP contribution is -1.98. The molecule has 0 fully saturated rings. The van der Waals surface area contributed by atoms with Gasteiger partial charge in [-0.25, -0.2) is 9.78 Å². The summed E-state index contributed by atoms with van der Waals surface area (Å²) in [6.45, 7) is 1.75. The summed E-state index contributed by atoms with van der Waals surface area (Å²) in [6.07, 6.45) is 1.54. The molecule has 23 heavy (non-hydrogen) atoms. The van der Waals surface area contributed by atoms with Gasteiger partial charge in [-0.2, -0.15) is 0 Å². The molecule has 9 heteroatoms. The first-order chi connectivity index (χ1) is 10.9. The van der Waals surface area contributed by atoms with E-state index in [1.54, 1.807) is 26.2 Å². The minimum absolute atomic E-state index is 0.104. The van der Waals surface area contributed by atoms with Gasteiger partial charge in [0.15, 0.2) is 11.5 Å². The molecule has 2 rings (SSSR count). The lowest BCUT2D eigenvalue weighted by molar-refractivity contribution is -0.131. The number of benzene rings is 1. The van der Waals surface area contributed by atoms with E-state index in [0.717, 1.165) is 15.3 Å². The monoisotopic (exact) mass is 447 g/mol. The van der Waals surface area contributed by atoms with Crippen molar-refractivity contribution in [1.29, 1.82) is 0 Å². The van der Waals surface area contributed by atoms with Crippen molar-refractivity contribution in [3.63, 3.8) is 0 Å². The van der Waals surface area contributed by atoms with E-state index in [2.05, 4.69) is 37.8 Å². The van der Waals surface area contributed by atoms with Crippen LogP contribution in [0.4, 0.5) is 0 Å². The minimum Gasteiger partial charge on any atom is -0.493 e. The number of nitrogens with zero attached hydrogens (tertiary/aromatic N) is 2. The Kier molecular flexibility index (Phi) is 5.88. The molecule has 0 aliphatic heterocycles. The lowest BCUT2D eigenvalue weighted by Gasteiger charge is -2.10. The van der Waals surface area contributed by atoms with E-state index in [4.69, 9.17) is 9.47 Å². The summed E-state index contributed by atoms with van der Waals surface area (Å²) >= 11 is 3.08. The van der Waals surface area contributed by atoms with Gasteiger partial charge in [0.1, 0.15) is 10.7 Å². The second-order valence-corrected chi connectivity index (χ2v) is 6.53. The Bertz CT molecular complexity index is 760. The highest BCUT2D eigenvalue weighted by Crippen LogP contribution is 2.35. The van der Waals surface area contributed by atoms with Crippen molar-refractivity contribution in [2.45, 2.75) is 12.1 Å². The molecule has 0 spiro atoms. The molecule has 0 saturated heterocycles. The standard InChI is InChI=1S/C14H14IN3O4S/c1-7-16-14(18-17-7)23-11(13(19)20)6-8-4-9(15)12(22-3)10(5-8)21-2/h4-6H,1-3H3,(H,19,20)(H,16,17,18)/b11-6-. The van der Waals surface area contributed by atoms with Crippen LogP contribution < -0.4 is 9.47 Å². The summed E-state index contributed by atoms with van der Waals surface area (Å²) in [4.78, 5) is 15.7. The fourth-order valence-corrected chi connectivity index (χ4v) is 3.37. The second-order valence-electron chi connectivity index (χ2n) is 4.36. The fraction of sp³-hybridized carbons (Fsp3) is 0.214. The number of thioether (sulfide) groups is 1. The van der Waals surface area contributed by atoms with Gasteiger partial charge in [0.25, 0.3) is 0 Å². The number of hydrogen-bond donors (Lipinski definition) is 2. The number of aryl methyl sites for hydroxylation is 1. The quantitative estimate of drug-likeness (QED) is 0.399. The van der Waals surface area contributed by atoms with Crippen LogP contribution in [0, 0.1) is 10.5 Å². The Labute approximate surface area is 150 Å². The van der Waals surface area contributed by atoms with E-state index >= 15 is 0 Å². The number of carboxylic acids is 1. The number of carbonyl (C=O) groups is 1. The SMILES string of the molecule is COc1cc(/C=C(\Sc2n[nH]c(C)n2)C(=O)O)cc(I)c1OC. The van der Waals surface area contributed by atoms with E-state index < -0.39 is 5.97 Å². The van der Waals surface area contributed by atoms with Gasteiger partial charge >= 0.3 is 5.97 Å². The van der Waals surface area contributed by atoms with E-state index in [1.165, 1.54) is 7.11 Å². The van der Waals surface area contributed by atoms with Crippen LogP contribution in [0.3, 0.4) is 0 Å². The van der Waals surface area contributed by atoms with Crippen LogP contribution in [-0.4, -0.2) is 40.5 Å². The molecule has 2 N–H and O–H groups in total. The van der Waals surface area contributed by atoms with Gasteiger partial charge in [0, 0.05) is 0 Å². The molecule has 0 bridgehead atoms. The van der Waals surface area contributed by atoms with Gasteiger partial charge in [-0.05, 0) is 65.0 Å². The third-order valence-electron chi connectivity index (χ3n) is 2.74. The van der Waals surface area contributed by atoms with Crippen molar-refractivity contribution < 1.29 is 19.4 Å². The van der Waals surface area contributed by atoms with Crippen LogP contribution in [-0.2, 0) is 4.79 Å². The molecule has 7 nitrogen and oxygen atoms in total. The number of halogens is 1. The number of ether oxygens (including phenoxy) is 2. The zero-order valence-electron chi connectivity index (χ0n) is 12.6. The van der Waals surface area contributed by atoms with Gasteiger partial charge in [-0.1, -0.05) is 0 Å². The first-order valence-electron chi connectivity index (χ1n) is 6.38. The van der Waals surface area contributed by atoms with Gasteiger partial charge in [0.2, 0.25) is 5.16 Å². The van der Waals surface area contributed by atoms with Gasteiger partial charge < -0.3 is 14.6 Å². The van der Waals surface area contributed by atoms with Crippen LogP contribution in [0.15, 0.2) is 22.2 Å². The normalized spacial score (nSPS) is 11.4. The molecule has 0 saturated carbocycles. The van der Waals surface area contributed by atoms with Crippen molar-refractivity contribution >= 4 is 46.4 Å². The minimum atomic E-state index is -1.05. The molecule has 0 radical (unpaired) electrons. The van der Waals surface area contributed by atoms with E-state index in [1.807, 2.05) is 6.07 Å². The highest BCUT2D eigenvalue weighted by Gasteiger charge is 2.15. The van der Waals surface area contributed by atoms with Gasteiger partial charge in [-0.15, -0.1) is 5.10 Å². The zero-order valence-corrected chi connectivity index (χ0v) is 15.6. The van der Waals surface area contributed by atoms with Crippen molar-refractivity contribution in [2.75, 3.05) is 14.2 Å². The number of aromatic amines is 1. The maximum Gasteiger partial charge on any atom is 0.342 e. The molecule has 0 atom stereocenters. The molecule has 0 aliphatic rings. The Hall–Kier alpha value is -1.75. The molecule has 0 unspecified atom stereocenters. The average molecular weight is 447 g/mol. The fourth-order valence-electron chi connectivity index (χ4n) is 1.77. The highest BCUT2D eigenvalue weighted by atomic mass is 127. The predicted molar refractivity (Wildman–Crippen MR) is 94.9 cm³/mol. The summed E-state index contributed by atoms with van der Waals surface area (Å²) in [5.41, 5.74) is 0.684. The van der Waals surface area contributed by atoms with Crippen molar-refractivity contribution in [2.24, 2.45) is 0 Å². The molecule has 2 aromatic rings.